The summed E-state index contributed by atoms with van der Waals surface area (Å²) in [5.41, 5.74) is 1.21. The summed E-state index contributed by atoms with van der Waals surface area (Å²) < 4.78 is 11.9. The fourth-order valence-electron chi connectivity index (χ4n) is 7.92. The van der Waals surface area contributed by atoms with Crippen LogP contribution in [0.5, 0.6) is 17.2 Å². The molecule has 2 bridgehead atoms. The lowest BCUT2D eigenvalue weighted by atomic mass is 9.48. The van der Waals surface area contributed by atoms with E-state index in [1.54, 1.807) is 31.2 Å². The highest BCUT2D eigenvalue weighted by Crippen LogP contribution is 2.66. The fourth-order valence-corrected chi connectivity index (χ4v) is 7.92. The van der Waals surface area contributed by atoms with Gasteiger partial charge in [0.15, 0.2) is 11.5 Å². The average Bonchev–Trinajstić information content (AvgIpc) is 3.67. The summed E-state index contributed by atoms with van der Waals surface area (Å²) in [6, 6.07) is 10.8. The zero-order valence-corrected chi connectivity index (χ0v) is 21.9. The molecule has 0 aromatic heterocycles. The highest BCUT2D eigenvalue weighted by Gasteiger charge is 2.73. The maximum atomic E-state index is 13.3. The standard InChI is InChI=1S/C31H34N2O5/c1-32(26(35)11-8-19-4-3-5-22(16-19)37-2)23-12-13-31(36)25-17-21-9-10-24(34)28-27(21)30(31,29(23)38-28)14-15-33(25)18-20-6-7-20/h3-5,9-10,16,20,23,25,29,34,36H,6-7,12-15,17-18H2,1-2H3/t23?,25-,29?,30-,31?/m0/s1. The molecule has 198 valence electrons. The SMILES string of the molecule is COc1cccc(C#CC(=O)N(C)C2CCC3(O)[C@@H]4Cc5ccc(O)c6c5[C@@]3(CCN4CC3CC3)C2O6)c1. The lowest BCUT2D eigenvalue weighted by Gasteiger charge is -2.64. The largest absolute Gasteiger partial charge is 0.504 e. The summed E-state index contributed by atoms with van der Waals surface area (Å²) in [5.74, 6) is 7.52. The van der Waals surface area contributed by atoms with Gasteiger partial charge in [0.1, 0.15) is 11.9 Å². The maximum absolute atomic E-state index is 13.3. The normalized spacial score (nSPS) is 32.4. The summed E-state index contributed by atoms with van der Waals surface area (Å²) >= 11 is 0. The number of likely N-dealkylation sites (tertiary alicyclic amines) is 1. The number of methoxy groups -OCH3 is 1. The number of hydrogen-bond donors (Lipinski definition) is 2. The minimum absolute atomic E-state index is 0.0146. The summed E-state index contributed by atoms with van der Waals surface area (Å²) in [4.78, 5) is 17.5. The van der Waals surface area contributed by atoms with Gasteiger partial charge in [-0.3, -0.25) is 9.69 Å². The first kappa shape index (κ1) is 23.9. The Hall–Kier alpha value is -3.21. The molecule has 2 saturated carbocycles. The Bertz CT molecular complexity index is 1380. The van der Waals surface area contributed by atoms with Crippen molar-refractivity contribution in [1.29, 1.82) is 0 Å². The number of piperidine rings is 1. The number of phenolic OH excluding ortho intramolecular Hbond substituents is 1. The number of rotatable bonds is 4. The molecule has 1 amide bonds. The van der Waals surface area contributed by atoms with E-state index in [4.69, 9.17) is 9.47 Å². The van der Waals surface area contributed by atoms with Crippen molar-refractivity contribution in [2.45, 2.75) is 67.7 Å². The topological polar surface area (TPSA) is 82.5 Å². The molecule has 38 heavy (non-hydrogen) atoms. The number of amides is 1. The van der Waals surface area contributed by atoms with Gasteiger partial charge >= 0.3 is 0 Å². The molecule has 3 aliphatic carbocycles. The number of aliphatic hydroxyl groups is 1. The van der Waals surface area contributed by atoms with E-state index in [2.05, 4.69) is 16.7 Å². The van der Waals surface area contributed by atoms with E-state index in [0.29, 0.717) is 29.9 Å². The van der Waals surface area contributed by atoms with Crippen LogP contribution in [0.2, 0.25) is 0 Å². The van der Waals surface area contributed by atoms with Gasteiger partial charge in [0.05, 0.1) is 24.2 Å². The van der Waals surface area contributed by atoms with E-state index in [0.717, 1.165) is 43.0 Å². The monoisotopic (exact) mass is 514 g/mol. The van der Waals surface area contributed by atoms with Gasteiger partial charge in [-0.05, 0) is 80.8 Å². The Morgan fingerprint density at radius 3 is 2.87 bits per heavy atom. The summed E-state index contributed by atoms with van der Waals surface area (Å²) in [5, 5.41) is 23.4. The average molecular weight is 515 g/mol. The van der Waals surface area contributed by atoms with Gasteiger partial charge in [-0.25, -0.2) is 0 Å². The molecule has 2 aromatic carbocycles. The second-order valence-corrected chi connectivity index (χ2v) is 11.8. The molecule has 1 saturated heterocycles. The van der Waals surface area contributed by atoms with Crippen molar-refractivity contribution >= 4 is 5.91 Å². The number of nitrogens with zero attached hydrogens (tertiary/aromatic N) is 2. The van der Waals surface area contributed by atoms with Crippen molar-refractivity contribution < 1.29 is 24.5 Å². The van der Waals surface area contributed by atoms with Crippen molar-refractivity contribution in [3.63, 3.8) is 0 Å². The molecular formula is C31H34N2O5. The Labute approximate surface area is 223 Å². The quantitative estimate of drug-likeness (QED) is 0.611. The van der Waals surface area contributed by atoms with Gasteiger partial charge in [0, 0.05) is 36.7 Å². The van der Waals surface area contributed by atoms with Crippen LogP contribution in [0, 0.1) is 17.8 Å². The predicted octanol–water partition coefficient (Wildman–Crippen LogP) is 2.84. The Morgan fingerprint density at radius 2 is 2.08 bits per heavy atom. The van der Waals surface area contributed by atoms with Crippen molar-refractivity contribution in [2.24, 2.45) is 5.92 Å². The molecule has 2 heterocycles. The number of phenols is 1. The van der Waals surface area contributed by atoms with Crippen molar-refractivity contribution in [3.05, 3.63) is 53.1 Å². The molecule has 0 radical (unpaired) electrons. The van der Waals surface area contributed by atoms with Crippen LogP contribution in [0.3, 0.4) is 0 Å². The van der Waals surface area contributed by atoms with Crippen LogP contribution in [0.25, 0.3) is 0 Å². The van der Waals surface area contributed by atoms with Crippen molar-refractivity contribution in [1.82, 2.24) is 9.80 Å². The van der Waals surface area contributed by atoms with Crippen LogP contribution in [0.1, 0.15) is 48.8 Å². The molecule has 7 heteroatoms. The molecule has 2 aliphatic heterocycles. The number of hydrogen-bond acceptors (Lipinski definition) is 6. The van der Waals surface area contributed by atoms with Crippen molar-refractivity contribution in [2.75, 3.05) is 27.2 Å². The second kappa shape index (κ2) is 8.39. The maximum Gasteiger partial charge on any atom is 0.298 e. The Morgan fingerprint density at radius 1 is 1.24 bits per heavy atom. The van der Waals surface area contributed by atoms with E-state index in [9.17, 15) is 15.0 Å². The zero-order chi connectivity index (χ0) is 26.2. The predicted molar refractivity (Wildman–Crippen MR) is 141 cm³/mol. The molecule has 2 N–H and O–H groups in total. The Balaban J connectivity index is 1.24. The highest BCUT2D eigenvalue weighted by atomic mass is 16.5. The van der Waals surface area contributed by atoms with E-state index >= 15 is 0 Å². The molecule has 7 nitrogen and oxygen atoms in total. The lowest BCUT2D eigenvalue weighted by Crippen LogP contribution is -2.78. The third-order valence-corrected chi connectivity index (χ3v) is 9.93. The summed E-state index contributed by atoms with van der Waals surface area (Å²) in [6.45, 7) is 1.93. The number of carbonyl (C=O) groups is 1. The van der Waals surface area contributed by atoms with Crippen LogP contribution in [-0.4, -0.2) is 77.0 Å². The highest BCUT2D eigenvalue weighted by molar-refractivity contribution is 5.94. The number of likely N-dealkylation sites (N-methyl/N-ethyl adjacent to an activating group) is 1. The first-order chi connectivity index (χ1) is 18.4. The second-order valence-electron chi connectivity index (χ2n) is 11.8. The smallest absolute Gasteiger partial charge is 0.298 e. The lowest BCUT2D eigenvalue weighted by molar-refractivity contribution is -0.199. The van der Waals surface area contributed by atoms with E-state index in [1.165, 1.54) is 12.8 Å². The van der Waals surface area contributed by atoms with Crippen molar-refractivity contribution in [3.8, 4) is 29.1 Å². The first-order valence-corrected chi connectivity index (χ1v) is 13.8. The van der Waals surface area contributed by atoms with Gasteiger partial charge in [-0.2, -0.15) is 0 Å². The van der Waals surface area contributed by atoms with Gasteiger partial charge in [-0.1, -0.05) is 18.1 Å². The van der Waals surface area contributed by atoms with Crippen LogP contribution in [0.4, 0.5) is 0 Å². The number of ether oxygens (including phenoxy) is 2. The molecule has 5 atom stereocenters. The van der Waals surface area contributed by atoms with Crippen LogP contribution < -0.4 is 9.47 Å². The van der Waals surface area contributed by atoms with Crippen LogP contribution >= 0.6 is 0 Å². The van der Waals surface area contributed by atoms with Crippen LogP contribution in [0.15, 0.2) is 36.4 Å². The van der Waals surface area contributed by atoms with E-state index in [-0.39, 0.29) is 23.7 Å². The zero-order valence-electron chi connectivity index (χ0n) is 21.9. The molecule has 7 rings (SSSR count). The van der Waals surface area contributed by atoms with Crippen LogP contribution in [-0.2, 0) is 16.6 Å². The first-order valence-electron chi connectivity index (χ1n) is 13.8. The van der Waals surface area contributed by atoms with Gasteiger partial charge < -0.3 is 24.6 Å². The molecule has 3 fully saturated rings. The molecule has 2 aromatic rings. The number of benzene rings is 2. The molecule has 1 spiro atoms. The number of aromatic hydroxyl groups is 1. The van der Waals surface area contributed by atoms with Gasteiger partial charge in [0.2, 0.25) is 0 Å². The number of carbonyl (C=O) groups excluding carboxylic acids is 1. The third kappa shape index (κ3) is 3.26. The van der Waals surface area contributed by atoms with Gasteiger partial charge in [0.25, 0.3) is 5.91 Å². The third-order valence-electron chi connectivity index (χ3n) is 9.93. The minimum atomic E-state index is -0.969. The fraction of sp³-hybridized carbons (Fsp3) is 0.516. The summed E-state index contributed by atoms with van der Waals surface area (Å²) in [7, 11) is 3.38. The Kier molecular flexibility index (Phi) is 5.27. The molecular weight excluding hydrogens is 480 g/mol. The van der Waals surface area contributed by atoms with E-state index < -0.39 is 17.1 Å². The minimum Gasteiger partial charge on any atom is -0.504 e. The van der Waals surface area contributed by atoms with Gasteiger partial charge in [-0.15, -0.1) is 0 Å². The summed E-state index contributed by atoms with van der Waals surface area (Å²) in [6.07, 6.45) is 4.81. The molecule has 3 unspecified atom stereocenters. The molecule has 5 aliphatic rings. The van der Waals surface area contributed by atoms with E-state index in [1.807, 2.05) is 24.3 Å².